The van der Waals surface area contributed by atoms with Crippen LogP contribution in [0.2, 0.25) is 0 Å². The number of aromatic nitrogens is 2. The molecule has 1 unspecified atom stereocenters. The van der Waals surface area contributed by atoms with Gasteiger partial charge in [-0.1, -0.05) is 30.3 Å². The van der Waals surface area contributed by atoms with Crippen molar-refractivity contribution in [2.45, 2.75) is 38.1 Å². The lowest BCUT2D eigenvalue weighted by molar-refractivity contribution is 0.418. The highest BCUT2D eigenvalue weighted by atomic mass is 14.9. The van der Waals surface area contributed by atoms with Crippen molar-refractivity contribution >= 4 is 0 Å². The van der Waals surface area contributed by atoms with Crippen LogP contribution in [0.3, 0.4) is 0 Å². The highest BCUT2D eigenvalue weighted by molar-refractivity contribution is 5.54. The molecule has 1 N–H and O–H groups in total. The number of hydrogen-bond donors (Lipinski definition) is 1. The quantitative estimate of drug-likeness (QED) is 0.935. The summed E-state index contributed by atoms with van der Waals surface area (Å²) in [6, 6.07) is 11.1. The van der Waals surface area contributed by atoms with Gasteiger partial charge in [0.25, 0.3) is 0 Å². The van der Waals surface area contributed by atoms with Crippen LogP contribution in [-0.2, 0) is 12.8 Å². The summed E-state index contributed by atoms with van der Waals surface area (Å²) in [5, 5.41) is 3.65. The molecule has 1 atom stereocenters. The number of fused-ring (bicyclic) bond motifs is 1. The molecular formula is C18H21N3. The van der Waals surface area contributed by atoms with Crippen LogP contribution in [0.5, 0.6) is 0 Å². The predicted octanol–water partition coefficient (Wildman–Crippen LogP) is 3.00. The minimum atomic E-state index is 0.754. The zero-order chi connectivity index (χ0) is 14.1. The van der Waals surface area contributed by atoms with Gasteiger partial charge < -0.3 is 5.32 Å². The smallest absolute Gasteiger partial charge is 0.159 e. The Kier molecular flexibility index (Phi) is 3.44. The average molecular weight is 279 g/mol. The standard InChI is InChI=1S/C18H21N3/c1-2-4-14(5-3-1)18-20-12-15-10-13(6-9-17(15)21-18)11-19-16-7-8-16/h1-5,12-13,16,19H,6-11H2. The highest BCUT2D eigenvalue weighted by Crippen LogP contribution is 2.26. The molecule has 0 aliphatic heterocycles. The Morgan fingerprint density at radius 3 is 2.76 bits per heavy atom. The second kappa shape index (κ2) is 5.57. The van der Waals surface area contributed by atoms with E-state index in [1.807, 2.05) is 24.4 Å². The minimum Gasteiger partial charge on any atom is -0.314 e. The van der Waals surface area contributed by atoms with Crippen molar-refractivity contribution in [1.29, 1.82) is 0 Å². The summed E-state index contributed by atoms with van der Waals surface area (Å²) in [7, 11) is 0. The summed E-state index contributed by atoms with van der Waals surface area (Å²) >= 11 is 0. The molecule has 2 aliphatic rings. The summed E-state index contributed by atoms with van der Waals surface area (Å²) in [6.45, 7) is 1.16. The molecule has 1 heterocycles. The van der Waals surface area contributed by atoms with E-state index >= 15 is 0 Å². The van der Waals surface area contributed by atoms with Gasteiger partial charge in [-0.15, -0.1) is 0 Å². The molecule has 108 valence electrons. The Morgan fingerprint density at radius 1 is 1.10 bits per heavy atom. The Labute approximate surface area is 125 Å². The normalized spacial score (nSPS) is 21.0. The molecule has 0 bridgehead atoms. The predicted molar refractivity (Wildman–Crippen MR) is 84.0 cm³/mol. The summed E-state index contributed by atoms with van der Waals surface area (Å²) < 4.78 is 0. The van der Waals surface area contributed by atoms with Crippen LogP contribution in [0.1, 0.15) is 30.5 Å². The van der Waals surface area contributed by atoms with Crippen molar-refractivity contribution in [1.82, 2.24) is 15.3 Å². The van der Waals surface area contributed by atoms with Gasteiger partial charge in [0.2, 0.25) is 0 Å². The van der Waals surface area contributed by atoms with Crippen LogP contribution < -0.4 is 5.32 Å². The number of hydrogen-bond acceptors (Lipinski definition) is 3. The number of nitrogens with one attached hydrogen (secondary N) is 1. The Balaban J connectivity index is 1.49. The van der Waals surface area contributed by atoms with Crippen LogP contribution in [0.4, 0.5) is 0 Å². The lowest BCUT2D eigenvalue weighted by Crippen LogP contribution is -2.29. The molecule has 1 aromatic carbocycles. The largest absolute Gasteiger partial charge is 0.314 e. The van der Waals surface area contributed by atoms with Gasteiger partial charge in [0, 0.05) is 23.5 Å². The van der Waals surface area contributed by atoms with Gasteiger partial charge in [0.15, 0.2) is 5.82 Å². The van der Waals surface area contributed by atoms with Crippen molar-refractivity contribution in [3.8, 4) is 11.4 Å². The molecule has 0 saturated heterocycles. The second-order valence-corrected chi connectivity index (χ2v) is 6.32. The first-order valence-corrected chi connectivity index (χ1v) is 8.02. The third kappa shape index (κ3) is 2.98. The maximum absolute atomic E-state index is 4.79. The zero-order valence-corrected chi connectivity index (χ0v) is 12.3. The monoisotopic (exact) mass is 279 g/mol. The number of nitrogens with zero attached hydrogens (tertiary/aromatic N) is 2. The third-order valence-corrected chi connectivity index (χ3v) is 4.56. The second-order valence-electron chi connectivity index (χ2n) is 6.32. The van der Waals surface area contributed by atoms with Gasteiger partial charge in [-0.3, -0.25) is 0 Å². The Hall–Kier alpha value is -1.74. The van der Waals surface area contributed by atoms with E-state index in [4.69, 9.17) is 4.98 Å². The molecule has 0 spiro atoms. The van der Waals surface area contributed by atoms with Crippen molar-refractivity contribution in [2.75, 3.05) is 6.54 Å². The van der Waals surface area contributed by atoms with E-state index in [1.165, 1.54) is 30.5 Å². The Morgan fingerprint density at radius 2 is 1.95 bits per heavy atom. The summed E-state index contributed by atoms with van der Waals surface area (Å²) in [5.74, 6) is 1.62. The van der Waals surface area contributed by atoms with E-state index in [1.54, 1.807) is 0 Å². The first-order valence-electron chi connectivity index (χ1n) is 8.02. The number of aryl methyl sites for hydroxylation is 1. The molecule has 2 aliphatic carbocycles. The molecule has 3 heteroatoms. The fourth-order valence-corrected chi connectivity index (χ4v) is 3.10. The van der Waals surface area contributed by atoms with Crippen LogP contribution in [0, 0.1) is 5.92 Å². The van der Waals surface area contributed by atoms with Crippen molar-refractivity contribution in [2.24, 2.45) is 5.92 Å². The lowest BCUT2D eigenvalue weighted by atomic mass is 9.87. The SMILES string of the molecule is c1ccc(-c2ncc3c(n2)CCC(CNC2CC2)C3)cc1. The van der Waals surface area contributed by atoms with Gasteiger partial charge in [0.05, 0.1) is 0 Å². The molecule has 4 rings (SSSR count). The van der Waals surface area contributed by atoms with Gasteiger partial charge in [0.1, 0.15) is 0 Å². The molecule has 1 fully saturated rings. The van der Waals surface area contributed by atoms with Crippen LogP contribution in [0.25, 0.3) is 11.4 Å². The molecule has 1 saturated carbocycles. The highest BCUT2D eigenvalue weighted by Gasteiger charge is 2.25. The number of benzene rings is 1. The summed E-state index contributed by atoms with van der Waals surface area (Å²) in [4.78, 5) is 9.37. The van der Waals surface area contributed by atoms with Crippen molar-refractivity contribution in [3.05, 3.63) is 47.8 Å². The fraction of sp³-hybridized carbons (Fsp3) is 0.444. The maximum Gasteiger partial charge on any atom is 0.159 e. The van der Waals surface area contributed by atoms with Crippen LogP contribution in [0.15, 0.2) is 36.5 Å². The zero-order valence-electron chi connectivity index (χ0n) is 12.3. The van der Waals surface area contributed by atoms with Crippen LogP contribution in [-0.4, -0.2) is 22.6 Å². The topological polar surface area (TPSA) is 37.8 Å². The van der Waals surface area contributed by atoms with E-state index < -0.39 is 0 Å². The van der Waals surface area contributed by atoms with Gasteiger partial charge in [-0.05, 0) is 50.1 Å². The lowest BCUT2D eigenvalue weighted by Gasteiger charge is -2.24. The van der Waals surface area contributed by atoms with Crippen LogP contribution >= 0.6 is 0 Å². The van der Waals surface area contributed by atoms with E-state index in [0.29, 0.717) is 0 Å². The molecule has 1 aromatic heterocycles. The average Bonchev–Trinajstić information content (AvgIpc) is 3.37. The van der Waals surface area contributed by atoms with E-state index in [2.05, 4.69) is 22.4 Å². The molecule has 21 heavy (non-hydrogen) atoms. The van der Waals surface area contributed by atoms with E-state index in [-0.39, 0.29) is 0 Å². The van der Waals surface area contributed by atoms with Gasteiger partial charge >= 0.3 is 0 Å². The summed E-state index contributed by atoms with van der Waals surface area (Å²) in [6.07, 6.45) is 8.25. The molecular weight excluding hydrogens is 258 g/mol. The van der Waals surface area contributed by atoms with Gasteiger partial charge in [-0.2, -0.15) is 0 Å². The van der Waals surface area contributed by atoms with E-state index in [9.17, 15) is 0 Å². The maximum atomic E-state index is 4.79. The van der Waals surface area contributed by atoms with Crippen molar-refractivity contribution in [3.63, 3.8) is 0 Å². The molecule has 2 aromatic rings. The third-order valence-electron chi connectivity index (χ3n) is 4.56. The van der Waals surface area contributed by atoms with E-state index in [0.717, 1.165) is 42.7 Å². The minimum absolute atomic E-state index is 0.754. The first-order chi connectivity index (χ1) is 10.4. The first kappa shape index (κ1) is 13.0. The van der Waals surface area contributed by atoms with Crippen molar-refractivity contribution < 1.29 is 0 Å². The Bertz CT molecular complexity index is 620. The summed E-state index contributed by atoms with van der Waals surface area (Å²) in [5.41, 5.74) is 3.72. The number of rotatable bonds is 4. The molecule has 0 amide bonds. The fourth-order valence-electron chi connectivity index (χ4n) is 3.10. The molecule has 3 nitrogen and oxygen atoms in total. The van der Waals surface area contributed by atoms with Gasteiger partial charge in [-0.25, -0.2) is 9.97 Å². The molecule has 0 radical (unpaired) electrons.